The Hall–Kier alpha value is -2.14. The fourth-order valence-electron chi connectivity index (χ4n) is 12.7. The van der Waals surface area contributed by atoms with Gasteiger partial charge >= 0.3 is 11.9 Å². The van der Waals surface area contributed by atoms with Gasteiger partial charge in [0.15, 0.2) is 0 Å². The van der Waals surface area contributed by atoms with E-state index in [-0.39, 0.29) is 57.5 Å². The zero-order chi connectivity index (χ0) is 31.0. The van der Waals surface area contributed by atoms with Crippen molar-refractivity contribution in [3.63, 3.8) is 0 Å². The Morgan fingerprint density at radius 1 is 0.907 bits per heavy atom. The van der Waals surface area contributed by atoms with E-state index in [0.29, 0.717) is 24.0 Å². The van der Waals surface area contributed by atoms with E-state index in [9.17, 15) is 14.7 Å². The Bertz CT molecular complexity index is 1270. The summed E-state index contributed by atoms with van der Waals surface area (Å²) in [5.74, 6) is 1.27. The van der Waals surface area contributed by atoms with Gasteiger partial charge in [-0.05, 0) is 129 Å². The fourth-order valence-corrected chi connectivity index (χ4v) is 12.7. The van der Waals surface area contributed by atoms with Gasteiger partial charge in [0.05, 0.1) is 30.8 Å². The molecule has 5 saturated carbocycles. The van der Waals surface area contributed by atoms with Gasteiger partial charge in [0.1, 0.15) is 0 Å². The molecule has 1 aromatic carbocycles. The maximum atomic E-state index is 13.7. The highest BCUT2D eigenvalue weighted by Crippen LogP contribution is 2.77. The van der Waals surface area contributed by atoms with E-state index < -0.39 is 5.41 Å². The van der Waals surface area contributed by atoms with E-state index in [1.807, 2.05) is 30.3 Å². The van der Waals surface area contributed by atoms with Crippen molar-refractivity contribution in [3.05, 3.63) is 48.0 Å². The van der Waals surface area contributed by atoms with E-state index in [4.69, 9.17) is 9.47 Å². The number of aliphatic hydroxyl groups is 1. The molecule has 5 aliphatic carbocycles. The molecule has 0 spiro atoms. The van der Waals surface area contributed by atoms with Crippen LogP contribution in [0.1, 0.15) is 109 Å². The molecule has 0 amide bonds. The first-order valence-corrected chi connectivity index (χ1v) is 16.9. The number of hydrogen-bond donors (Lipinski definition) is 1. The number of carbonyl (C=O) groups excluding carboxylic acids is 2. The van der Waals surface area contributed by atoms with Crippen LogP contribution in [0.15, 0.2) is 42.5 Å². The number of esters is 2. The van der Waals surface area contributed by atoms with Crippen LogP contribution in [0.2, 0.25) is 0 Å². The van der Waals surface area contributed by atoms with Crippen molar-refractivity contribution in [2.45, 2.75) is 105 Å². The Morgan fingerprint density at radius 3 is 2.30 bits per heavy atom. The minimum atomic E-state index is -0.489. The summed E-state index contributed by atoms with van der Waals surface area (Å²) in [7, 11) is 1.55. The molecule has 1 aromatic rings. The summed E-state index contributed by atoms with van der Waals surface area (Å²) < 4.78 is 12.0. The number of hydrogen-bond acceptors (Lipinski definition) is 5. The maximum Gasteiger partial charge on any atom is 0.338 e. The summed E-state index contributed by atoms with van der Waals surface area (Å²) in [6, 6.07) is 9.37. The summed E-state index contributed by atoms with van der Waals surface area (Å²) in [5, 5.41) is 11.1. The lowest BCUT2D eigenvalue weighted by Gasteiger charge is -2.73. The lowest BCUT2D eigenvalue weighted by molar-refractivity contribution is -0.262. The fraction of sp³-hybridized carbons (Fsp3) is 0.737. The predicted octanol–water partition coefficient (Wildman–Crippen LogP) is 8.02. The van der Waals surface area contributed by atoms with Gasteiger partial charge in [0, 0.05) is 5.41 Å². The molecule has 10 atom stereocenters. The molecule has 0 radical (unpaired) electrons. The minimum absolute atomic E-state index is 0.0536. The molecule has 236 valence electrons. The van der Waals surface area contributed by atoms with Crippen molar-refractivity contribution in [1.82, 2.24) is 0 Å². The van der Waals surface area contributed by atoms with Crippen molar-refractivity contribution in [1.29, 1.82) is 0 Å². The van der Waals surface area contributed by atoms with Gasteiger partial charge in [-0.1, -0.05) is 58.0 Å². The number of fused-ring (bicyclic) bond motifs is 7. The van der Waals surface area contributed by atoms with Crippen LogP contribution in [0.5, 0.6) is 0 Å². The summed E-state index contributed by atoms with van der Waals surface area (Å²) in [4.78, 5) is 27.2. The Kier molecular flexibility index (Phi) is 7.51. The number of ether oxygens (including phenoxy) is 2. The molecule has 5 fully saturated rings. The third-order valence-electron chi connectivity index (χ3n) is 14.8. The first kappa shape index (κ1) is 30.9. The highest BCUT2D eigenvalue weighted by atomic mass is 16.5. The van der Waals surface area contributed by atoms with Crippen LogP contribution in [0, 0.1) is 56.7 Å². The zero-order valence-electron chi connectivity index (χ0n) is 27.4. The van der Waals surface area contributed by atoms with Crippen LogP contribution in [-0.2, 0) is 14.3 Å². The first-order valence-electron chi connectivity index (χ1n) is 16.9. The highest BCUT2D eigenvalue weighted by molar-refractivity contribution is 5.89. The lowest BCUT2D eigenvalue weighted by Crippen LogP contribution is -2.69. The molecule has 5 heteroatoms. The van der Waals surface area contributed by atoms with E-state index in [0.717, 1.165) is 64.2 Å². The van der Waals surface area contributed by atoms with Gasteiger partial charge < -0.3 is 14.6 Å². The second-order valence-corrected chi connectivity index (χ2v) is 16.4. The monoisotopic (exact) mass is 590 g/mol. The van der Waals surface area contributed by atoms with Gasteiger partial charge in [-0.2, -0.15) is 0 Å². The molecule has 6 rings (SSSR count). The third kappa shape index (κ3) is 4.18. The molecule has 0 aromatic heterocycles. The highest BCUT2D eigenvalue weighted by Gasteiger charge is 2.73. The number of aliphatic hydroxyl groups excluding tert-OH is 1. The van der Waals surface area contributed by atoms with Crippen LogP contribution >= 0.6 is 0 Å². The molecule has 0 bridgehead atoms. The van der Waals surface area contributed by atoms with Crippen LogP contribution in [-0.4, -0.2) is 36.9 Å². The van der Waals surface area contributed by atoms with Crippen molar-refractivity contribution < 1.29 is 24.2 Å². The Labute approximate surface area is 259 Å². The van der Waals surface area contributed by atoms with Crippen molar-refractivity contribution >= 4 is 11.9 Å². The average molecular weight is 591 g/mol. The summed E-state index contributed by atoms with van der Waals surface area (Å²) in [6.07, 6.45) is 9.36. The molecular weight excluding hydrogens is 536 g/mol. The number of rotatable bonds is 5. The molecule has 43 heavy (non-hydrogen) atoms. The average Bonchev–Trinajstić information content (AvgIpc) is 3.39. The molecule has 5 aliphatic rings. The first-order chi connectivity index (χ1) is 20.3. The van der Waals surface area contributed by atoms with Crippen LogP contribution < -0.4 is 0 Å². The van der Waals surface area contributed by atoms with Crippen LogP contribution in [0.4, 0.5) is 0 Å². The van der Waals surface area contributed by atoms with Gasteiger partial charge in [-0.25, -0.2) is 4.79 Å². The number of methoxy groups -OCH3 is 1. The summed E-state index contributed by atoms with van der Waals surface area (Å²) in [5.41, 5.74) is 0.955. The number of carbonyl (C=O) groups is 2. The summed E-state index contributed by atoms with van der Waals surface area (Å²) in [6.45, 7) is 16.6. The number of benzene rings is 1. The van der Waals surface area contributed by atoms with E-state index in [2.05, 4.69) is 41.2 Å². The molecule has 0 heterocycles. The number of allylic oxidation sites excluding steroid dienone is 1. The van der Waals surface area contributed by atoms with Crippen LogP contribution in [0.25, 0.3) is 0 Å². The third-order valence-corrected chi connectivity index (χ3v) is 14.8. The largest absolute Gasteiger partial charge is 0.469 e. The molecule has 0 saturated heterocycles. The predicted molar refractivity (Wildman–Crippen MR) is 168 cm³/mol. The SMILES string of the molecule is C=C(C)[C@@H]1CC[C@]2(C(=O)OC)CC[C@]3(COC(=O)c4ccccc4)[C@H](CC[C@@H]4[C@@]5(C)CC[C@H](O)C(C)(C)[C@@H]5CC[C@]43C)[C@@H]12. The van der Waals surface area contributed by atoms with Crippen LogP contribution in [0.3, 0.4) is 0 Å². The van der Waals surface area contributed by atoms with E-state index in [1.165, 1.54) is 5.57 Å². The van der Waals surface area contributed by atoms with Gasteiger partial charge in [-0.3, -0.25) is 4.79 Å². The normalized spacial score (nSPS) is 44.6. The second-order valence-electron chi connectivity index (χ2n) is 16.4. The van der Waals surface area contributed by atoms with Gasteiger partial charge in [0.25, 0.3) is 0 Å². The standard InChI is InChI=1S/C38H54O5/c1-24(2)26-15-20-37(33(41)42-7)21-22-38(23-43-32(40)25-11-9-8-10-12-25)27(31(26)37)13-14-29-35(5)18-17-30(39)34(3,4)28(35)16-19-36(29,38)6/h8-12,26-31,39H,1,13-23H2,2-7H3/t26-,27+,28-,29+,30-,31+,35-,36+,37-,38-/m0/s1. The molecule has 0 unspecified atom stereocenters. The molecule has 1 N–H and O–H groups in total. The smallest absolute Gasteiger partial charge is 0.338 e. The van der Waals surface area contributed by atoms with Gasteiger partial charge in [0.2, 0.25) is 0 Å². The topological polar surface area (TPSA) is 72.8 Å². The molecule has 5 nitrogen and oxygen atoms in total. The Morgan fingerprint density at radius 2 is 1.63 bits per heavy atom. The minimum Gasteiger partial charge on any atom is -0.469 e. The maximum absolute atomic E-state index is 13.7. The van der Waals surface area contributed by atoms with Gasteiger partial charge in [-0.15, -0.1) is 0 Å². The van der Waals surface area contributed by atoms with E-state index in [1.54, 1.807) is 7.11 Å². The molecule has 0 aliphatic heterocycles. The van der Waals surface area contributed by atoms with Crippen molar-refractivity contribution in [2.75, 3.05) is 13.7 Å². The lowest BCUT2D eigenvalue weighted by atomic mass is 9.32. The second kappa shape index (κ2) is 10.5. The zero-order valence-corrected chi connectivity index (χ0v) is 27.4. The molecular formula is C38H54O5. The van der Waals surface area contributed by atoms with Crippen molar-refractivity contribution in [3.8, 4) is 0 Å². The Balaban J connectivity index is 1.46. The summed E-state index contributed by atoms with van der Waals surface area (Å²) >= 11 is 0. The van der Waals surface area contributed by atoms with E-state index >= 15 is 0 Å². The quantitative estimate of drug-likeness (QED) is 0.278. The van der Waals surface area contributed by atoms with Crippen molar-refractivity contribution in [2.24, 2.45) is 56.7 Å².